The van der Waals surface area contributed by atoms with Crippen LogP contribution in [0, 0.1) is 55.4 Å². The van der Waals surface area contributed by atoms with Gasteiger partial charge < -0.3 is 18.8 Å². The Kier molecular flexibility index (Phi) is 8.09. The molecule has 0 radical (unpaired) electrons. The number of hydrogen-bond donors (Lipinski definition) is 0. The molecule has 0 N–H and O–H groups in total. The monoisotopic (exact) mass is 935 g/mol. The standard InChI is InChI=1S/C67H51B2N3O/c1-35-11-17-45(18-12-35)70-58-34-62-54(33-53(58)68-52-20-19-46-49-25-38(4)13-21-56(49)71(66(46)52)60-30-43(29-59(70)64(60)68)47-23-36(2)9-15-41(47)7)69-55-28-40(6)27-51-50-26-39(5)14-22-57(50)72(67(51)55)61-31-44(32-63(73-62)65(61)69)48-24-37(3)10-16-42(48)8/h9-19,21-34H,20H2,1-8H3. The summed E-state index contributed by atoms with van der Waals surface area (Å²) in [7, 11) is 0. The maximum atomic E-state index is 7.61. The van der Waals surface area contributed by atoms with E-state index in [1.807, 2.05) is 0 Å². The van der Waals surface area contributed by atoms with E-state index >= 15 is 0 Å². The molecule has 346 valence electrons. The molecule has 2 aromatic heterocycles. The molecular weight excluding hydrogens is 884 g/mol. The molecule has 73 heavy (non-hydrogen) atoms. The number of ether oxygens (including phenoxy) is 1. The molecule has 4 aliphatic heterocycles. The Morgan fingerprint density at radius 2 is 1.03 bits per heavy atom. The Balaban J connectivity index is 1.04. The molecule has 0 saturated carbocycles. The topological polar surface area (TPSA) is 22.3 Å². The van der Waals surface area contributed by atoms with Gasteiger partial charge in [-0.2, -0.15) is 0 Å². The smallest absolute Gasteiger partial charge is 0.256 e. The summed E-state index contributed by atoms with van der Waals surface area (Å²) in [5, 5.41) is 6.69. The van der Waals surface area contributed by atoms with Crippen LogP contribution in [0.25, 0.3) is 77.9 Å². The van der Waals surface area contributed by atoms with E-state index in [2.05, 4.69) is 221 Å². The van der Waals surface area contributed by atoms with E-state index in [0.717, 1.165) is 23.6 Å². The molecule has 0 bridgehead atoms. The molecule has 0 amide bonds. The van der Waals surface area contributed by atoms with Crippen molar-refractivity contribution in [2.75, 3.05) is 4.90 Å². The zero-order chi connectivity index (χ0) is 49.0. The molecule has 6 heteroatoms. The molecule has 0 fully saturated rings. The highest BCUT2D eigenvalue weighted by Crippen LogP contribution is 2.46. The van der Waals surface area contributed by atoms with Gasteiger partial charge in [0, 0.05) is 66.7 Å². The lowest BCUT2D eigenvalue weighted by molar-refractivity contribution is 0.487. The summed E-state index contributed by atoms with van der Waals surface area (Å²) in [6, 6.07) is 56.7. The zero-order valence-electron chi connectivity index (χ0n) is 42.5. The number of hydrogen-bond acceptors (Lipinski definition) is 2. The minimum Gasteiger partial charge on any atom is -0.458 e. The fourth-order valence-electron chi connectivity index (χ4n) is 14.1. The van der Waals surface area contributed by atoms with Gasteiger partial charge >= 0.3 is 0 Å². The summed E-state index contributed by atoms with van der Waals surface area (Å²) in [5.74, 6) is 1.85. The first kappa shape index (κ1) is 41.4. The lowest BCUT2D eigenvalue weighted by atomic mass is 9.30. The fourth-order valence-corrected chi connectivity index (χ4v) is 14.1. The molecule has 6 heterocycles. The van der Waals surface area contributed by atoms with Crippen LogP contribution in [0.5, 0.6) is 11.5 Å². The van der Waals surface area contributed by atoms with Gasteiger partial charge in [0.25, 0.3) is 6.71 Å². The van der Waals surface area contributed by atoms with Crippen LogP contribution >= 0.6 is 0 Å². The van der Waals surface area contributed by atoms with E-state index in [1.165, 1.54) is 166 Å². The lowest BCUT2D eigenvalue weighted by Gasteiger charge is -2.42. The van der Waals surface area contributed by atoms with Gasteiger partial charge in [-0.15, -0.1) is 0 Å². The normalized spacial score (nSPS) is 14.1. The highest BCUT2D eigenvalue weighted by molar-refractivity contribution is 7.03. The highest BCUT2D eigenvalue weighted by atomic mass is 16.5. The average Bonchev–Trinajstić information content (AvgIpc) is 4.16. The molecular formula is C67H51B2N3O. The van der Waals surface area contributed by atoms with E-state index in [4.69, 9.17) is 4.74 Å². The average molecular weight is 936 g/mol. The van der Waals surface area contributed by atoms with Gasteiger partial charge in [0.05, 0.1) is 11.0 Å². The van der Waals surface area contributed by atoms with Crippen LogP contribution < -0.4 is 47.5 Å². The van der Waals surface area contributed by atoms with Gasteiger partial charge in [-0.1, -0.05) is 118 Å². The number of aromatic nitrogens is 2. The predicted octanol–water partition coefficient (Wildman–Crippen LogP) is 11.7. The molecule has 0 unspecified atom stereocenters. The van der Waals surface area contributed by atoms with E-state index in [0.29, 0.717) is 0 Å². The zero-order valence-corrected chi connectivity index (χ0v) is 42.5. The second-order valence-electron chi connectivity index (χ2n) is 22.2. The summed E-state index contributed by atoms with van der Waals surface area (Å²) in [4.78, 5) is 2.57. The van der Waals surface area contributed by atoms with Gasteiger partial charge in [0.2, 0.25) is 6.71 Å². The summed E-state index contributed by atoms with van der Waals surface area (Å²) in [6.07, 6.45) is 3.43. The van der Waals surface area contributed by atoms with E-state index in [9.17, 15) is 0 Å². The largest absolute Gasteiger partial charge is 0.458 e. The third-order valence-corrected chi connectivity index (χ3v) is 17.3. The van der Waals surface area contributed by atoms with Crippen LogP contribution in [0.15, 0.2) is 146 Å². The first-order chi connectivity index (χ1) is 35.4. The van der Waals surface area contributed by atoms with Crippen LogP contribution in [0.2, 0.25) is 0 Å². The van der Waals surface area contributed by atoms with Crippen molar-refractivity contribution < 1.29 is 4.74 Å². The molecule has 9 aromatic carbocycles. The second kappa shape index (κ2) is 14.3. The Hall–Kier alpha value is -8.21. The van der Waals surface area contributed by atoms with Gasteiger partial charge in [0.1, 0.15) is 11.5 Å². The molecule has 0 spiro atoms. The second-order valence-corrected chi connectivity index (χ2v) is 22.2. The van der Waals surface area contributed by atoms with E-state index < -0.39 is 0 Å². The van der Waals surface area contributed by atoms with Gasteiger partial charge in [0.15, 0.2) is 0 Å². The summed E-state index contributed by atoms with van der Waals surface area (Å²) in [5.41, 5.74) is 32.8. The van der Waals surface area contributed by atoms with Crippen molar-refractivity contribution in [3.05, 3.63) is 201 Å². The summed E-state index contributed by atoms with van der Waals surface area (Å²) < 4.78 is 12.8. The van der Waals surface area contributed by atoms with Gasteiger partial charge in [-0.25, -0.2) is 0 Å². The highest BCUT2D eigenvalue weighted by Gasteiger charge is 2.47. The maximum absolute atomic E-state index is 7.61. The van der Waals surface area contributed by atoms with Crippen molar-refractivity contribution in [1.82, 2.24) is 9.13 Å². The minimum atomic E-state index is -0.0545. The summed E-state index contributed by atoms with van der Waals surface area (Å²) in [6.45, 7) is 17.8. The lowest BCUT2D eigenvalue weighted by Crippen LogP contribution is -2.62. The number of anilines is 3. The van der Waals surface area contributed by atoms with Crippen LogP contribution in [-0.4, -0.2) is 22.6 Å². The Bertz CT molecular complexity index is 4550. The molecule has 11 aromatic rings. The third kappa shape index (κ3) is 5.48. The van der Waals surface area contributed by atoms with Crippen LogP contribution in [0.4, 0.5) is 17.1 Å². The van der Waals surface area contributed by atoms with Gasteiger partial charge in [-0.3, -0.25) is 0 Å². The number of benzene rings is 9. The van der Waals surface area contributed by atoms with Crippen LogP contribution in [0.3, 0.4) is 0 Å². The van der Waals surface area contributed by atoms with Crippen molar-refractivity contribution in [2.45, 2.75) is 61.8 Å². The minimum absolute atomic E-state index is 0.0261. The third-order valence-electron chi connectivity index (χ3n) is 17.3. The molecule has 1 aliphatic carbocycles. The van der Waals surface area contributed by atoms with Crippen molar-refractivity contribution in [1.29, 1.82) is 0 Å². The Morgan fingerprint density at radius 3 is 1.75 bits per heavy atom. The van der Waals surface area contributed by atoms with E-state index in [-0.39, 0.29) is 13.4 Å². The SMILES string of the molecule is Cc1ccc(N2c3cc4c(cc3B3C5=c6c(c7cc(C)ccc7n6-c6cc(-c7cc(C)ccc7C)cc2c63)=CC5)B2c3c(cc(-c5cc(C)ccc5C)cc3-n3c5ccc(C)cc5c5cc(C)cc2c53)O4)cc1. The molecule has 5 aliphatic rings. The first-order valence-corrected chi connectivity index (χ1v) is 26.1. The van der Waals surface area contributed by atoms with Crippen molar-refractivity contribution in [3.63, 3.8) is 0 Å². The van der Waals surface area contributed by atoms with Crippen molar-refractivity contribution >= 4 is 102 Å². The van der Waals surface area contributed by atoms with Crippen molar-refractivity contribution in [3.8, 4) is 45.1 Å². The number of aryl methyl sites for hydroxylation is 8. The Labute approximate surface area is 426 Å². The number of nitrogens with zero attached hydrogens (tertiary/aromatic N) is 3. The quantitative estimate of drug-likeness (QED) is 0.165. The van der Waals surface area contributed by atoms with Crippen LogP contribution in [0.1, 0.15) is 50.9 Å². The first-order valence-electron chi connectivity index (χ1n) is 26.1. The Morgan fingerprint density at radius 1 is 0.425 bits per heavy atom. The van der Waals surface area contributed by atoms with Crippen molar-refractivity contribution in [2.24, 2.45) is 0 Å². The van der Waals surface area contributed by atoms with E-state index in [1.54, 1.807) is 0 Å². The van der Waals surface area contributed by atoms with Crippen LogP contribution in [-0.2, 0) is 0 Å². The predicted molar refractivity (Wildman–Crippen MR) is 309 cm³/mol. The molecule has 16 rings (SSSR count). The molecule has 0 atom stereocenters. The number of fused-ring (bicyclic) bond motifs is 14. The fraction of sp³-hybridized carbons (Fsp3) is 0.134. The molecule has 4 nitrogen and oxygen atoms in total. The maximum Gasteiger partial charge on any atom is 0.256 e. The number of rotatable bonds is 3. The summed E-state index contributed by atoms with van der Waals surface area (Å²) >= 11 is 0. The van der Waals surface area contributed by atoms with Gasteiger partial charge in [-0.05, 0) is 189 Å². The molecule has 0 saturated heterocycles.